The van der Waals surface area contributed by atoms with Crippen LogP contribution in [0.15, 0.2) is 83.7 Å². The second kappa shape index (κ2) is 9.57. The zero-order chi connectivity index (χ0) is 21.7. The number of rotatable bonds is 7. The molecule has 0 spiro atoms. The first-order chi connectivity index (χ1) is 14.4. The van der Waals surface area contributed by atoms with Crippen LogP contribution in [-0.2, 0) is 6.42 Å². The Labute approximate surface area is 173 Å². The van der Waals surface area contributed by atoms with Crippen LogP contribution in [-0.4, -0.2) is 11.9 Å². The second-order valence-electron chi connectivity index (χ2n) is 7.05. The van der Waals surface area contributed by atoms with E-state index in [0.717, 1.165) is 12.1 Å². The highest BCUT2D eigenvalue weighted by Gasteiger charge is 2.31. The number of aryl methyl sites for hydroxylation is 1. The van der Waals surface area contributed by atoms with E-state index in [0.29, 0.717) is 35.4 Å². The molecule has 0 unspecified atom stereocenters. The lowest BCUT2D eigenvalue weighted by molar-refractivity contribution is 0.507. The van der Waals surface area contributed by atoms with E-state index in [1.807, 2.05) is 0 Å². The lowest BCUT2D eigenvalue weighted by Gasteiger charge is -2.20. The van der Waals surface area contributed by atoms with Crippen LogP contribution in [0.4, 0.5) is 17.6 Å². The zero-order valence-corrected chi connectivity index (χ0v) is 16.5. The minimum absolute atomic E-state index is 0.385. The number of amidine groups is 1. The number of halogens is 4. The molecule has 0 aliphatic carbocycles. The van der Waals surface area contributed by atoms with E-state index in [-0.39, 0.29) is 5.82 Å². The lowest BCUT2D eigenvalue weighted by atomic mass is 9.95. The van der Waals surface area contributed by atoms with E-state index in [1.54, 1.807) is 25.1 Å². The Morgan fingerprint density at radius 1 is 1.10 bits per heavy atom. The first-order valence-corrected chi connectivity index (χ1v) is 9.58. The van der Waals surface area contributed by atoms with Gasteiger partial charge in [-0.2, -0.15) is 0 Å². The fourth-order valence-electron chi connectivity index (χ4n) is 3.37. The van der Waals surface area contributed by atoms with E-state index in [2.05, 4.69) is 16.9 Å². The normalized spacial score (nSPS) is 19.1. The molecular weight excluding hydrogens is 392 g/mol. The van der Waals surface area contributed by atoms with Crippen LogP contribution in [0.2, 0.25) is 0 Å². The third-order valence-corrected chi connectivity index (χ3v) is 4.80. The Morgan fingerprint density at radius 2 is 1.90 bits per heavy atom. The van der Waals surface area contributed by atoms with Crippen molar-refractivity contribution in [2.24, 2.45) is 4.99 Å². The molecule has 1 heterocycles. The third kappa shape index (κ3) is 5.26. The van der Waals surface area contributed by atoms with Crippen LogP contribution < -0.4 is 5.32 Å². The van der Waals surface area contributed by atoms with Crippen molar-refractivity contribution >= 4 is 5.84 Å². The summed E-state index contributed by atoms with van der Waals surface area (Å²) in [6.07, 6.45) is 5.06. The molecule has 2 nitrogen and oxygen atoms in total. The van der Waals surface area contributed by atoms with Crippen molar-refractivity contribution in [3.63, 3.8) is 0 Å². The minimum Gasteiger partial charge on any atom is -0.364 e. The van der Waals surface area contributed by atoms with Crippen molar-refractivity contribution in [1.29, 1.82) is 0 Å². The van der Waals surface area contributed by atoms with Gasteiger partial charge < -0.3 is 5.32 Å². The van der Waals surface area contributed by atoms with Gasteiger partial charge in [0.2, 0.25) is 0 Å². The van der Waals surface area contributed by atoms with Gasteiger partial charge in [0.05, 0.1) is 11.9 Å². The van der Waals surface area contributed by atoms with Crippen LogP contribution in [0, 0.1) is 17.5 Å². The van der Waals surface area contributed by atoms with E-state index >= 15 is 0 Å². The molecule has 2 aromatic carbocycles. The first-order valence-electron chi connectivity index (χ1n) is 9.58. The van der Waals surface area contributed by atoms with Crippen LogP contribution in [0.5, 0.6) is 0 Å². The maximum atomic E-state index is 14.0. The molecule has 0 saturated heterocycles. The Bertz CT molecular complexity index is 1020. The summed E-state index contributed by atoms with van der Waals surface area (Å²) in [6.45, 7) is 5.65. The predicted molar refractivity (Wildman–Crippen MR) is 111 cm³/mol. The predicted octanol–water partition coefficient (Wildman–Crippen LogP) is 6.13. The summed E-state index contributed by atoms with van der Waals surface area (Å²) in [5, 5.41) is 3.25. The summed E-state index contributed by atoms with van der Waals surface area (Å²) in [4.78, 5) is 4.62. The molecule has 2 aromatic rings. The molecule has 30 heavy (non-hydrogen) atoms. The maximum absolute atomic E-state index is 14.0. The van der Waals surface area contributed by atoms with E-state index in [9.17, 15) is 17.6 Å². The van der Waals surface area contributed by atoms with E-state index < -0.39 is 29.5 Å². The summed E-state index contributed by atoms with van der Waals surface area (Å²) in [6, 6.07) is 8.93. The lowest BCUT2D eigenvalue weighted by Crippen LogP contribution is -2.27. The van der Waals surface area contributed by atoms with Gasteiger partial charge in [0.25, 0.3) is 0 Å². The molecule has 0 saturated carbocycles. The van der Waals surface area contributed by atoms with Gasteiger partial charge in [-0.3, -0.25) is 4.99 Å². The number of benzene rings is 2. The van der Waals surface area contributed by atoms with Gasteiger partial charge in [-0.1, -0.05) is 30.9 Å². The van der Waals surface area contributed by atoms with Gasteiger partial charge in [-0.15, -0.1) is 0 Å². The third-order valence-electron chi connectivity index (χ3n) is 4.80. The van der Waals surface area contributed by atoms with Gasteiger partial charge in [0.1, 0.15) is 17.7 Å². The molecule has 0 fully saturated rings. The van der Waals surface area contributed by atoms with Crippen LogP contribution in [0.3, 0.4) is 0 Å². The number of allylic oxidation sites excluding steroid dienone is 3. The Balaban J connectivity index is 1.82. The number of aliphatic imine (C=N–C) groups is 1. The standard InChI is InChI=1S/C24H22F4N2/c1-3-5-18(25)12-15(2)23-24(17-6-4-7-19(26)14-17)30-22(29-23)11-9-16-8-10-20(27)21(28)13-16/h3-8,10,12-14,23-24H,2,9,11H2,1H3,(H,29,30)/b5-3-,18-12+/t23-,24+/m1/s1. The van der Waals surface area contributed by atoms with Crippen LogP contribution >= 0.6 is 0 Å². The fraction of sp³-hybridized carbons (Fsp3) is 0.208. The molecule has 1 aliphatic heterocycles. The molecule has 1 N–H and O–H groups in total. The van der Waals surface area contributed by atoms with Crippen molar-refractivity contribution in [2.75, 3.05) is 0 Å². The van der Waals surface area contributed by atoms with Gasteiger partial charge >= 0.3 is 0 Å². The highest BCUT2D eigenvalue weighted by atomic mass is 19.2. The van der Waals surface area contributed by atoms with Gasteiger partial charge in [-0.05, 0) is 66.5 Å². The average molecular weight is 414 g/mol. The number of hydrogen-bond donors (Lipinski definition) is 1. The van der Waals surface area contributed by atoms with Crippen molar-refractivity contribution in [3.05, 3.63) is 107 Å². The number of hydrogen-bond acceptors (Lipinski definition) is 2. The fourth-order valence-corrected chi connectivity index (χ4v) is 3.37. The quantitative estimate of drug-likeness (QED) is 0.428. The van der Waals surface area contributed by atoms with Crippen molar-refractivity contribution in [3.8, 4) is 0 Å². The molecule has 3 rings (SSSR count). The summed E-state index contributed by atoms with van der Waals surface area (Å²) in [7, 11) is 0. The molecule has 156 valence electrons. The highest BCUT2D eigenvalue weighted by Crippen LogP contribution is 2.31. The Kier molecular flexibility index (Phi) is 6.87. The van der Waals surface area contributed by atoms with Crippen LogP contribution in [0.1, 0.15) is 30.5 Å². The SMILES string of the molecule is C=C(/C=C(F)\C=C/C)[C@H]1N=C(CCc2ccc(F)c(F)c2)N[C@H]1c1cccc(F)c1. The molecular formula is C24H22F4N2. The zero-order valence-electron chi connectivity index (χ0n) is 16.5. The van der Waals surface area contributed by atoms with Crippen molar-refractivity contribution in [2.45, 2.75) is 31.8 Å². The van der Waals surface area contributed by atoms with Gasteiger partial charge in [0, 0.05) is 6.42 Å². The summed E-state index contributed by atoms with van der Waals surface area (Å²) in [5.74, 6) is -2.02. The van der Waals surface area contributed by atoms with Crippen molar-refractivity contribution < 1.29 is 17.6 Å². The molecule has 2 atom stereocenters. The largest absolute Gasteiger partial charge is 0.364 e. The Hall–Kier alpha value is -3.15. The maximum Gasteiger partial charge on any atom is 0.159 e. The molecule has 0 amide bonds. The second-order valence-corrected chi connectivity index (χ2v) is 7.05. The Morgan fingerprint density at radius 3 is 2.60 bits per heavy atom. The minimum atomic E-state index is -0.901. The van der Waals surface area contributed by atoms with E-state index in [1.165, 1.54) is 30.4 Å². The summed E-state index contributed by atoms with van der Waals surface area (Å²) < 4.78 is 54.3. The smallest absolute Gasteiger partial charge is 0.159 e. The molecule has 0 radical (unpaired) electrons. The van der Waals surface area contributed by atoms with E-state index in [4.69, 9.17) is 0 Å². The first kappa shape index (κ1) is 21.6. The molecule has 6 heteroatoms. The van der Waals surface area contributed by atoms with Gasteiger partial charge in [-0.25, -0.2) is 17.6 Å². The topological polar surface area (TPSA) is 24.4 Å². The van der Waals surface area contributed by atoms with Gasteiger partial charge in [0.15, 0.2) is 11.6 Å². The summed E-state index contributed by atoms with van der Waals surface area (Å²) in [5.41, 5.74) is 1.73. The van der Waals surface area contributed by atoms with Crippen molar-refractivity contribution in [1.82, 2.24) is 5.32 Å². The number of nitrogens with one attached hydrogen (secondary N) is 1. The highest BCUT2D eigenvalue weighted by molar-refractivity contribution is 5.85. The number of nitrogens with zero attached hydrogens (tertiary/aromatic N) is 1. The molecule has 0 bridgehead atoms. The monoisotopic (exact) mass is 414 g/mol. The van der Waals surface area contributed by atoms with Crippen LogP contribution in [0.25, 0.3) is 0 Å². The average Bonchev–Trinajstić information content (AvgIpc) is 3.13. The molecule has 0 aromatic heterocycles. The molecule has 1 aliphatic rings. The summed E-state index contributed by atoms with van der Waals surface area (Å²) >= 11 is 0.